The Kier molecular flexibility index (Phi) is 2.92. The zero-order valence-electron chi connectivity index (χ0n) is 9.38. The van der Waals surface area contributed by atoms with Crippen molar-refractivity contribution in [3.8, 4) is 5.88 Å². The molecule has 0 amide bonds. The van der Waals surface area contributed by atoms with Crippen LogP contribution < -0.4 is 4.74 Å². The summed E-state index contributed by atoms with van der Waals surface area (Å²) >= 11 is 1.57. The van der Waals surface area contributed by atoms with Crippen LogP contribution in [0.3, 0.4) is 0 Å². The van der Waals surface area contributed by atoms with Crippen LogP contribution in [0.1, 0.15) is 11.7 Å². The van der Waals surface area contributed by atoms with Crippen molar-refractivity contribution in [1.29, 1.82) is 0 Å². The number of pyridine rings is 1. The van der Waals surface area contributed by atoms with Crippen LogP contribution in [0.4, 0.5) is 0 Å². The summed E-state index contributed by atoms with van der Waals surface area (Å²) in [4.78, 5) is 8.54. The summed E-state index contributed by atoms with van der Waals surface area (Å²) in [6.07, 6.45) is 1.74. The highest BCUT2D eigenvalue weighted by Gasteiger charge is 2.22. The van der Waals surface area contributed by atoms with Crippen LogP contribution in [-0.2, 0) is 9.47 Å². The van der Waals surface area contributed by atoms with Crippen molar-refractivity contribution in [1.82, 2.24) is 9.97 Å². The third-order valence-electron chi connectivity index (χ3n) is 2.71. The van der Waals surface area contributed by atoms with Crippen LogP contribution >= 0.6 is 11.3 Å². The fraction of sp³-hybridized carbons (Fsp3) is 0.455. The summed E-state index contributed by atoms with van der Waals surface area (Å²) in [5, 5.41) is 0. The second-order valence-electron chi connectivity index (χ2n) is 3.69. The van der Waals surface area contributed by atoms with Crippen LogP contribution in [0, 0.1) is 0 Å². The van der Waals surface area contributed by atoms with E-state index < -0.39 is 0 Å². The van der Waals surface area contributed by atoms with Gasteiger partial charge in [-0.15, -0.1) is 11.3 Å². The molecule has 2 aromatic heterocycles. The van der Waals surface area contributed by atoms with E-state index >= 15 is 0 Å². The molecule has 0 unspecified atom stereocenters. The Morgan fingerprint density at radius 2 is 2.35 bits per heavy atom. The van der Waals surface area contributed by atoms with E-state index in [1.54, 1.807) is 30.2 Å². The molecule has 2 aromatic rings. The van der Waals surface area contributed by atoms with Gasteiger partial charge in [-0.1, -0.05) is 0 Å². The molecular weight excluding hydrogens is 240 g/mol. The summed E-state index contributed by atoms with van der Waals surface area (Å²) < 4.78 is 17.4. The predicted octanol–water partition coefficient (Wildman–Crippen LogP) is 1.79. The fourth-order valence-corrected chi connectivity index (χ4v) is 2.73. The second kappa shape index (κ2) is 4.56. The smallest absolute Gasteiger partial charge is 0.241 e. The van der Waals surface area contributed by atoms with Gasteiger partial charge in [0.15, 0.2) is 0 Å². The van der Waals surface area contributed by atoms with Crippen LogP contribution in [0.25, 0.3) is 10.2 Å². The monoisotopic (exact) mass is 252 g/mol. The maximum Gasteiger partial charge on any atom is 0.241 e. The van der Waals surface area contributed by atoms with Crippen molar-refractivity contribution >= 4 is 21.6 Å². The first-order chi connectivity index (χ1) is 8.40. The number of hydrogen-bond acceptors (Lipinski definition) is 6. The van der Waals surface area contributed by atoms with Gasteiger partial charge in [0.25, 0.3) is 0 Å². The van der Waals surface area contributed by atoms with Crippen molar-refractivity contribution in [2.75, 3.05) is 26.9 Å². The molecule has 6 heteroatoms. The first kappa shape index (κ1) is 10.9. The van der Waals surface area contributed by atoms with Crippen LogP contribution in [0.2, 0.25) is 0 Å². The molecule has 5 nitrogen and oxygen atoms in total. The van der Waals surface area contributed by atoms with Crippen molar-refractivity contribution in [3.05, 3.63) is 17.3 Å². The average molecular weight is 252 g/mol. The van der Waals surface area contributed by atoms with Gasteiger partial charge in [0.05, 0.1) is 37.1 Å². The number of rotatable bonds is 2. The van der Waals surface area contributed by atoms with Crippen molar-refractivity contribution in [2.24, 2.45) is 0 Å². The molecule has 0 radical (unpaired) electrons. The standard InChI is InChI=1S/C11H12N2O3S/c1-14-11-9-10(17-6-13-9)7(4-12-11)8-5-15-2-3-16-8/h4,6,8H,2-3,5H2,1H3/t8-/m1/s1. The number of thiazole rings is 1. The van der Waals surface area contributed by atoms with E-state index in [4.69, 9.17) is 14.2 Å². The van der Waals surface area contributed by atoms with Crippen LogP contribution in [-0.4, -0.2) is 36.9 Å². The topological polar surface area (TPSA) is 53.5 Å². The van der Waals surface area contributed by atoms with E-state index in [1.165, 1.54) is 0 Å². The molecule has 3 heterocycles. The normalized spacial score (nSPS) is 20.6. The van der Waals surface area contributed by atoms with Gasteiger partial charge in [0.2, 0.25) is 5.88 Å². The largest absolute Gasteiger partial charge is 0.479 e. The zero-order valence-corrected chi connectivity index (χ0v) is 10.2. The van der Waals surface area contributed by atoms with E-state index in [9.17, 15) is 0 Å². The van der Waals surface area contributed by atoms with Gasteiger partial charge in [-0.2, -0.15) is 0 Å². The molecule has 1 aliphatic heterocycles. The van der Waals surface area contributed by atoms with Crippen LogP contribution in [0.5, 0.6) is 5.88 Å². The van der Waals surface area contributed by atoms with E-state index in [0.717, 1.165) is 15.8 Å². The van der Waals surface area contributed by atoms with Gasteiger partial charge in [-0.25, -0.2) is 9.97 Å². The fourth-order valence-electron chi connectivity index (χ4n) is 1.90. The number of hydrogen-bond donors (Lipinski definition) is 0. The lowest BCUT2D eigenvalue weighted by Crippen LogP contribution is -2.22. The minimum atomic E-state index is -0.0508. The number of ether oxygens (including phenoxy) is 3. The number of aromatic nitrogens is 2. The lowest BCUT2D eigenvalue weighted by molar-refractivity contribution is -0.0896. The highest BCUT2D eigenvalue weighted by molar-refractivity contribution is 7.17. The molecule has 0 spiro atoms. The lowest BCUT2D eigenvalue weighted by atomic mass is 10.1. The summed E-state index contributed by atoms with van der Waals surface area (Å²) in [5.41, 5.74) is 3.62. The first-order valence-corrected chi connectivity index (χ1v) is 6.23. The van der Waals surface area contributed by atoms with E-state index in [-0.39, 0.29) is 6.10 Å². The Morgan fingerprint density at radius 3 is 3.12 bits per heavy atom. The van der Waals surface area contributed by atoms with Crippen molar-refractivity contribution in [2.45, 2.75) is 6.10 Å². The lowest BCUT2D eigenvalue weighted by Gasteiger charge is -2.23. The summed E-state index contributed by atoms with van der Waals surface area (Å²) in [7, 11) is 1.60. The highest BCUT2D eigenvalue weighted by Crippen LogP contribution is 2.33. The van der Waals surface area contributed by atoms with Crippen molar-refractivity contribution < 1.29 is 14.2 Å². The van der Waals surface area contributed by atoms with Gasteiger partial charge in [0, 0.05) is 11.8 Å². The van der Waals surface area contributed by atoms with E-state index in [1.807, 2.05) is 0 Å². The minimum Gasteiger partial charge on any atom is -0.479 e. The third kappa shape index (κ3) is 1.88. The Balaban J connectivity index is 2.07. The summed E-state index contributed by atoms with van der Waals surface area (Å²) in [6, 6.07) is 0. The Hall–Kier alpha value is -1.24. The minimum absolute atomic E-state index is 0.0508. The maximum atomic E-state index is 5.69. The molecule has 1 fully saturated rings. The molecule has 0 bridgehead atoms. The molecule has 3 rings (SSSR count). The zero-order chi connectivity index (χ0) is 11.7. The second-order valence-corrected chi connectivity index (χ2v) is 4.54. The quantitative estimate of drug-likeness (QED) is 0.815. The molecule has 1 atom stereocenters. The molecule has 0 N–H and O–H groups in total. The van der Waals surface area contributed by atoms with Crippen LogP contribution in [0.15, 0.2) is 11.7 Å². The molecule has 0 saturated carbocycles. The Bertz CT molecular complexity index is 522. The van der Waals surface area contributed by atoms with Gasteiger partial charge < -0.3 is 14.2 Å². The Morgan fingerprint density at radius 1 is 1.41 bits per heavy atom. The SMILES string of the molecule is COc1ncc([C@H]2COCCO2)c2scnc12. The predicted molar refractivity (Wildman–Crippen MR) is 63.5 cm³/mol. The number of methoxy groups -OCH3 is 1. The third-order valence-corrected chi connectivity index (χ3v) is 3.58. The maximum absolute atomic E-state index is 5.69. The van der Waals surface area contributed by atoms with E-state index in [2.05, 4.69) is 9.97 Å². The number of nitrogens with zero attached hydrogens (tertiary/aromatic N) is 2. The van der Waals surface area contributed by atoms with Gasteiger partial charge in [0.1, 0.15) is 11.6 Å². The summed E-state index contributed by atoms with van der Waals surface area (Å²) in [5.74, 6) is 0.557. The summed E-state index contributed by atoms with van der Waals surface area (Å²) in [6.45, 7) is 1.85. The highest BCUT2D eigenvalue weighted by atomic mass is 32.1. The first-order valence-electron chi connectivity index (χ1n) is 5.35. The molecule has 0 aliphatic carbocycles. The molecule has 1 saturated heterocycles. The van der Waals surface area contributed by atoms with Gasteiger partial charge >= 0.3 is 0 Å². The molecule has 1 aliphatic rings. The van der Waals surface area contributed by atoms with Gasteiger partial charge in [-0.05, 0) is 0 Å². The Labute approximate surface area is 102 Å². The molecule has 0 aromatic carbocycles. The van der Waals surface area contributed by atoms with E-state index in [0.29, 0.717) is 25.7 Å². The molecule has 17 heavy (non-hydrogen) atoms. The molecular formula is C11H12N2O3S. The average Bonchev–Trinajstić information content (AvgIpc) is 2.88. The number of fused-ring (bicyclic) bond motifs is 1. The van der Waals surface area contributed by atoms with Crippen molar-refractivity contribution in [3.63, 3.8) is 0 Å². The van der Waals surface area contributed by atoms with Gasteiger partial charge in [-0.3, -0.25) is 0 Å². The molecule has 90 valence electrons.